The molecule has 4 nitrogen and oxygen atoms in total. The molecule has 0 fully saturated rings. The zero-order chi connectivity index (χ0) is 6.57. The summed E-state index contributed by atoms with van der Waals surface area (Å²) >= 11 is 8.82. The summed E-state index contributed by atoms with van der Waals surface area (Å²) in [6, 6.07) is 0. The van der Waals surface area contributed by atoms with Crippen molar-refractivity contribution in [2.45, 2.75) is 13.8 Å². The fourth-order valence-electron chi connectivity index (χ4n) is 0.494. The van der Waals surface area contributed by atoms with Crippen LogP contribution in [-0.4, -0.2) is 27.8 Å². The summed E-state index contributed by atoms with van der Waals surface area (Å²) in [7, 11) is 0. The molecule has 0 atom stereocenters. The molecule has 0 aliphatic rings. The highest BCUT2D eigenvalue weighted by Crippen LogP contribution is 1.93. The Kier molecular flexibility index (Phi) is 26.1. The van der Waals surface area contributed by atoms with Crippen LogP contribution < -0.4 is 12.3 Å². The van der Waals surface area contributed by atoms with Crippen LogP contribution in [0.1, 0.15) is 13.8 Å². The van der Waals surface area contributed by atoms with Crippen molar-refractivity contribution in [3.8, 4) is 0 Å². The van der Waals surface area contributed by atoms with Crippen LogP contribution in [0.3, 0.4) is 0 Å². The number of hydrogen-bond acceptors (Lipinski definition) is 3. The van der Waals surface area contributed by atoms with Gasteiger partial charge in [-0.05, 0) is 13.8 Å². The van der Waals surface area contributed by atoms with E-state index in [1.807, 2.05) is 4.90 Å². The number of nitrogens with zero attached hydrogens (tertiary/aromatic N) is 1. The van der Waals surface area contributed by atoms with E-state index in [1.54, 1.807) is 0 Å². The maximum atomic E-state index is 4.81. The van der Waals surface area contributed by atoms with E-state index in [1.165, 1.54) is 0 Å². The van der Waals surface area contributed by atoms with E-state index >= 15 is 0 Å². The van der Waals surface area contributed by atoms with Crippen LogP contribution in [0, 0.1) is 0 Å². The number of rotatable bonds is 2. The number of thiol groups is 1. The van der Waals surface area contributed by atoms with Crippen molar-refractivity contribution in [2.75, 3.05) is 13.1 Å². The normalized spacial score (nSPS) is 6.45. The molecule has 6 heteroatoms. The van der Waals surface area contributed by atoms with Gasteiger partial charge in [-0.1, -0.05) is 12.2 Å². The Balaban J connectivity index is -0.0000000817. The quantitative estimate of drug-likeness (QED) is 0.458. The van der Waals surface area contributed by atoms with Gasteiger partial charge in [-0.25, -0.2) is 0 Å². The maximum absolute atomic E-state index is 4.81. The molecule has 0 unspecified atom stereocenters. The highest BCUT2D eigenvalue weighted by atomic mass is 32.1. The van der Waals surface area contributed by atoms with E-state index in [-0.39, 0.29) is 17.8 Å². The summed E-state index contributed by atoms with van der Waals surface area (Å²) in [5.41, 5.74) is 0. The summed E-state index contributed by atoms with van der Waals surface area (Å²) in [5.74, 6) is 0. The molecular weight excluding hydrogens is 182 g/mol. The molecule has 0 saturated heterocycles. The Morgan fingerprint density at radius 3 is 1.55 bits per heavy atom. The first-order valence-electron chi connectivity index (χ1n) is 2.70. The molecule has 0 rings (SSSR count). The van der Waals surface area contributed by atoms with Gasteiger partial charge in [0.25, 0.3) is 0 Å². The van der Waals surface area contributed by atoms with Gasteiger partial charge in [0.15, 0.2) is 0 Å². The SMILES string of the molecule is CCN(CC)C(=S)S.N.N.O. The average molecular weight is 201 g/mol. The van der Waals surface area contributed by atoms with Crippen LogP contribution in [0.15, 0.2) is 0 Å². The Morgan fingerprint density at radius 2 is 1.55 bits per heavy atom. The van der Waals surface area contributed by atoms with Gasteiger partial charge >= 0.3 is 0 Å². The van der Waals surface area contributed by atoms with Crippen LogP contribution in [0.2, 0.25) is 0 Å². The molecule has 72 valence electrons. The van der Waals surface area contributed by atoms with Gasteiger partial charge in [-0.3, -0.25) is 0 Å². The fraction of sp³-hybridized carbons (Fsp3) is 0.800. The molecule has 11 heavy (non-hydrogen) atoms. The molecule has 0 aromatic carbocycles. The van der Waals surface area contributed by atoms with Gasteiger partial charge in [0.05, 0.1) is 0 Å². The lowest BCUT2D eigenvalue weighted by Gasteiger charge is -2.16. The van der Waals surface area contributed by atoms with E-state index in [0.29, 0.717) is 4.32 Å². The van der Waals surface area contributed by atoms with Crippen LogP contribution in [-0.2, 0) is 0 Å². The minimum absolute atomic E-state index is 0. The minimum Gasteiger partial charge on any atom is -0.412 e. The highest BCUT2D eigenvalue weighted by Gasteiger charge is 1.96. The zero-order valence-corrected chi connectivity index (χ0v) is 8.84. The second-order valence-corrected chi connectivity index (χ2v) is 2.57. The van der Waals surface area contributed by atoms with Crippen LogP contribution in [0.25, 0.3) is 0 Å². The monoisotopic (exact) mass is 201 g/mol. The fourth-order valence-corrected chi connectivity index (χ4v) is 1.04. The minimum atomic E-state index is 0. The molecule has 0 aliphatic carbocycles. The summed E-state index contributed by atoms with van der Waals surface area (Å²) in [4.78, 5) is 2.01. The second kappa shape index (κ2) is 12.8. The molecule has 0 amide bonds. The third-order valence-corrected chi connectivity index (χ3v) is 1.58. The van der Waals surface area contributed by atoms with Crippen molar-refractivity contribution in [1.29, 1.82) is 0 Å². The van der Waals surface area contributed by atoms with Gasteiger partial charge in [-0.15, -0.1) is 12.6 Å². The van der Waals surface area contributed by atoms with E-state index in [9.17, 15) is 0 Å². The molecule has 0 aromatic heterocycles. The molecule has 0 aliphatic heterocycles. The first-order valence-corrected chi connectivity index (χ1v) is 3.55. The first-order chi connectivity index (χ1) is 3.72. The van der Waals surface area contributed by atoms with Crippen LogP contribution >= 0.6 is 24.8 Å². The molecule has 0 radical (unpaired) electrons. The maximum Gasteiger partial charge on any atom is 0.133 e. The Labute approximate surface area is 79.2 Å². The van der Waals surface area contributed by atoms with Crippen molar-refractivity contribution >= 4 is 29.2 Å². The van der Waals surface area contributed by atoms with E-state index < -0.39 is 0 Å². The molecule has 0 spiro atoms. The summed E-state index contributed by atoms with van der Waals surface area (Å²) in [5, 5.41) is 0. The smallest absolute Gasteiger partial charge is 0.133 e. The van der Waals surface area contributed by atoms with Crippen molar-refractivity contribution in [3.05, 3.63) is 0 Å². The number of thiocarbonyl (C=S) groups is 1. The van der Waals surface area contributed by atoms with E-state index in [2.05, 4.69) is 26.5 Å². The topological polar surface area (TPSA) is 105 Å². The van der Waals surface area contributed by atoms with Crippen LogP contribution in [0.4, 0.5) is 0 Å². The Morgan fingerprint density at radius 1 is 1.27 bits per heavy atom. The van der Waals surface area contributed by atoms with Crippen molar-refractivity contribution in [1.82, 2.24) is 17.2 Å². The van der Waals surface area contributed by atoms with Crippen molar-refractivity contribution < 1.29 is 5.48 Å². The Bertz CT molecular complexity index is 87.8. The molecular formula is C5H19N3OS2. The molecule has 0 bridgehead atoms. The second-order valence-electron chi connectivity index (χ2n) is 1.45. The summed E-state index contributed by atoms with van der Waals surface area (Å²) in [6.07, 6.45) is 0. The van der Waals surface area contributed by atoms with Crippen molar-refractivity contribution in [3.63, 3.8) is 0 Å². The zero-order valence-electron chi connectivity index (χ0n) is 7.13. The lowest BCUT2D eigenvalue weighted by molar-refractivity contribution is 0.482. The predicted octanol–water partition coefficient (Wildman–Crippen LogP) is 1.04. The third-order valence-electron chi connectivity index (χ3n) is 1.03. The predicted molar refractivity (Wildman–Crippen MR) is 58.2 cm³/mol. The Hall–Kier alpha value is 0.120. The number of hydrogen-bond donors (Lipinski definition) is 3. The van der Waals surface area contributed by atoms with Gasteiger partial charge < -0.3 is 22.7 Å². The highest BCUT2D eigenvalue weighted by molar-refractivity contribution is 8.10. The lowest BCUT2D eigenvalue weighted by atomic mass is 10.6. The largest absolute Gasteiger partial charge is 0.412 e. The van der Waals surface area contributed by atoms with Crippen molar-refractivity contribution in [2.24, 2.45) is 0 Å². The first kappa shape index (κ1) is 22.5. The van der Waals surface area contributed by atoms with Gasteiger partial charge in [-0.2, -0.15) is 0 Å². The third kappa shape index (κ3) is 10.1. The van der Waals surface area contributed by atoms with Gasteiger partial charge in [0, 0.05) is 13.1 Å². The average Bonchev–Trinajstić information content (AvgIpc) is 1.69. The standard InChI is InChI=1S/C5H11NS2.2H3N.H2O/c1-3-6(4-2)5(7)8;;;/h3-4H2,1-2H3,(H,7,8);2*1H3;1H2. The summed E-state index contributed by atoms with van der Waals surface area (Å²) < 4.78 is 0.690. The molecule has 0 saturated carbocycles. The molecule has 0 aromatic rings. The van der Waals surface area contributed by atoms with Gasteiger partial charge in [0.2, 0.25) is 0 Å². The molecule has 0 heterocycles. The summed E-state index contributed by atoms with van der Waals surface area (Å²) in [6.45, 7) is 6.04. The van der Waals surface area contributed by atoms with Crippen LogP contribution in [0.5, 0.6) is 0 Å². The van der Waals surface area contributed by atoms with E-state index in [0.717, 1.165) is 13.1 Å². The molecule has 8 N–H and O–H groups in total. The van der Waals surface area contributed by atoms with Gasteiger partial charge in [0.1, 0.15) is 4.32 Å². The van der Waals surface area contributed by atoms with E-state index in [4.69, 9.17) is 12.2 Å². The lowest BCUT2D eigenvalue weighted by Crippen LogP contribution is -2.24.